The number of hydrogen-bond acceptors (Lipinski definition) is 6. The predicted octanol–water partition coefficient (Wildman–Crippen LogP) is 0.886. The lowest BCUT2D eigenvalue weighted by molar-refractivity contribution is -0.0820. The first-order chi connectivity index (χ1) is 11.8. The number of fused-ring (bicyclic) bond motifs is 5. The van der Waals surface area contributed by atoms with Crippen molar-refractivity contribution in [1.82, 2.24) is 9.55 Å². The standard InChI is InChI=1S/C17H16N2O5/c20-12-6-7-19-16-15(24-17(19)18-12)14-13(23-16)11(9-22-14)21-8-10-4-2-1-3-5-10/h1-7,11,13-16H,8-9H2/t11-,13-,14+,15+,16-/m1/s1. The molecule has 1 aromatic heterocycles. The Kier molecular flexibility index (Phi) is 3.19. The van der Waals surface area contributed by atoms with Crippen LogP contribution >= 0.6 is 0 Å². The fraction of sp³-hybridized carbons (Fsp3) is 0.412. The second kappa shape index (κ2) is 5.41. The summed E-state index contributed by atoms with van der Waals surface area (Å²) in [5, 5.41) is 0. The van der Waals surface area contributed by atoms with E-state index in [-0.39, 0.29) is 42.2 Å². The number of ether oxygens (including phenoxy) is 4. The Balaban J connectivity index is 1.31. The van der Waals surface area contributed by atoms with E-state index in [1.807, 2.05) is 30.3 Å². The second-order valence-corrected chi connectivity index (χ2v) is 6.16. The minimum atomic E-state index is -0.328. The maximum atomic E-state index is 11.4. The highest BCUT2D eigenvalue weighted by molar-refractivity contribution is 5.15. The Labute approximate surface area is 137 Å². The molecule has 0 unspecified atom stereocenters. The maximum absolute atomic E-state index is 11.4. The lowest BCUT2D eigenvalue weighted by Crippen LogP contribution is -2.34. The highest BCUT2D eigenvalue weighted by atomic mass is 16.7. The molecule has 0 spiro atoms. The van der Waals surface area contributed by atoms with Crippen molar-refractivity contribution >= 4 is 0 Å². The van der Waals surface area contributed by atoms with Crippen LogP contribution in [0.2, 0.25) is 0 Å². The largest absolute Gasteiger partial charge is 0.453 e. The summed E-state index contributed by atoms with van der Waals surface area (Å²) in [6.45, 7) is 0.985. The molecule has 0 amide bonds. The molecule has 0 aliphatic carbocycles. The van der Waals surface area contributed by atoms with Crippen molar-refractivity contribution in [3.05, 3.63) is 58.5 Å². The van der Waals surface area contributed by atoms with Gasteiger partial charge in [0.05, 0.1) is 13.2 Å². The second-order valence-electron chi connectivity index (χ2n) is 6.16. The lowest BCUT2D eigenvalue weighted by atomic mass is 10.1. The molecule has 2 fully saturated rings. The minimum Gasteiger partial charge on any atom is -0.453 e. The summed E-state index contributed by atoms with van der Waals surface area (Å²) < 4.78 is 25.5. The normalized spacial score (nSPS) is 32.9. The van der Waals surface area contributed by atoms with E-state index >= 15 is 0 Å². The Bertz CT molecular complexity index is 808. The van der Waals surface area contributed by atoms with Crippen molar-refractivity contribution in [2.24, 2.45) is 0 Å². The van der Waals surface area contributed by atoms with Crippen LogP contribution in [-0.2, 0) is 20.8 Å². The van der Waals surface area contributed by atoms with Crippen LogP contribution in [-0.4, -0.2) is 40.6 Å². The molecular weight excluding hydrogens is 312 g/mol. The number of nitrogens with zero attached hydrogens (tertiary/aromatic N) is 2. The van der Waals surface area contributed by atoms with Gasteiger partial charge in [-0.15, -0.1) is 0 Å². The van der Waals surface area contributed by atoms with Crippen molar-refractivity contribution in [2.75, 3.05) is 6.61 Å². The molecule has 0 bridgehead atoms. The highest BCUT2D eigenvalue weighted by Crippen LogP contribution is 2.44. The number of hydrogen-bond donors (Lipinski definition) is 0. The van der Waals surface area contributed by atoms with Crippen LogP contribution < -0.4 is 10.3 Å². The van der Waals surface area contributed by atoms with Crippen molar-refractivity contribution in [2.45, 2.75) is 37.3 Å². The van der Waals surface area contributed by atoms with Gasteiger partial charge in [-0.05, 0) is 5.56 Å². The monoisotopic (exact) mass is 328 g/mol. The molecule has 2 aromatic rings. The fourth-order valence-electron chi connectivity index (χ4n) is 3.52. The van der Waals surface area contributed by atoms with Gasteiger partial charge >= 0.3 is 6.01 Å². The minimum absolute atomic E-state index is 0.139. The predicted molar refractivity (Wildman–Crippen MR) is 81.6 cm³/mol. The van der Waals surface area contributed by atoms with Gasteiger partial charge in [-0.25, -0.2) is 0 Å². The third-order valence-corrected chi connectivity index (χ3v) is 4.67. The average Bonchev–Trinajstić information content (AvgIpc) is 3.24. The van der Waals surface area contributed by atoms with Gasteiger partial charge in [0.1, 0.15) is 18.3 Å². The molecule has 0 saturated carbocycles. The molecule has 3 aliphatic rings. The zero-order valence-electron chi connectivity index (χ0n) is 12.8. The first kappa shape index (κ1) is 14.2. The summed E-state index contributed by atoms with van der Waals surface area (Å²) in [7, 11) is 0. The van der Waals surface area contributed by atoms with Crippen LogP contribution in [0.1, 0.15) is 11.8 Å². The molecule has 5 rings (SSSR count). The van der Waals surface area contributed by atoms with E-state index in [9.17, 15) is 4.79 Å². The van der Waals surface area contributed by atoms with Gasteiger partial charge in [-0.3, -0.25) is 9.36 Å². The molecule has 7 heteroatoms. The smallest absolute Gasteiger partial charge is 0.302 e. The Morgan fingerprint density at radius 1 is 1.17 bits per heavy atom. The Hall–Kier alpha value is -2.22. The summed E-state index contributed by atoms with van der Waals surface area (Å²) in [5.41, 5.74) is 0.788. The number of rotatable bonds is 3. The molecule has 5 atom stereocenters. The van der Waals surface area contributed by atoms with E-state index in [1.165, 1.54) is 6.07 Å². The van der Waals surface area contributed by atoms with Crippen LogP contribution in [0.5, 0.6) is 6.01 Å². The van der Waals surface area contributed by atoms with Gasteiger partial charge in [0.2, 0.25) is 0 Å². The molecular formula is C17H16N2O5. The SMILES string of the molecule is O=c1ccn2c(n1)O[C@H]1[C@H]3OC[C@@H](OCc4ccccc4)[C@H]3O[C@H]12. The molecule has 0 N–H and O–H groups in total. The first-order valence-corrected chi connectivity index (χ1v) is 7.98. The first-order valence-electron chi connectivity index (χ1n) is 7.98. The van der Waals surface area contributed by atoms with Gasteiger partial charge in [-0.2, -0.15) is 4.98 Å². The number of aromatic nitrogens is 2. The topological polar surface area (TPSA) is 71.8 Å². The third kappa shape index (κ3) is 2.16. The van der Waals surface area contributed by atoms with Crippen molar-refractivity contribution in [3.8, 4) is 6.01 Å². The van der Waals surface area contributed by atoms with Crippen LogP contribution in [0.15, 0.2) is 47.4 Å². The maximum Gasteiger partial charge on any atom is 0.302 e. The average molecular weight is 328 g/mol. The van der Waals surface area contributed by atoms with Gasteiger partial charge < -0.3 is 18.9 Å². The van der Waals surface area contributed by atoms with Crippen LogP contribution in [0, 0.1) is 0 Å². The van der Waals surface area contributed by atoms with E-state index in [4.69, 9.17) is 18.9 Å². The van der Waals surface area contributed by atoms with Crippen molar-refractivity contribution < 1.29 is 18.9 Å². The van der Waals surface area contributed by atoms with Gasteiger partial charge in [0, 0.05) is 12.3 Å². The van der Waals surface area contributed by atoms with Gasteiger partial charge in [-0.1, -0.05) is 30.3 Å². The summed E-state index contributed by atoms with van der Waals surface area (Å²) in [6, 6.07) is 11.7. The van der Waals surface area contributed by atoms with E-state index in [0.29, 0.717) is 13.2 Å². The lowest BCUT2D eigenvalue weighted by Gasteiger charge is -2.19. The quantitative estimate of drug-likeness (QED) is 0.833. The van der Waals surface area contributed by atoms with E-state index < -0.39 is 0 Å². The summed E-state index contributed by atoms with van der Waals surface area (Å²) >= 11 is 0. The Morgan fingerprint density at radius 2 is 2.04 bits per heavy atom. The van der Waals surface area contributed by atoms with Crippen LogP contribution in [0.3, 0.4) is 0 Å². The van der Waals surface area contributed by atoms with Crippen molar-refractivity contribution in [1.29, 1.82) is 0 Å². The number of benzene rings is 1. The molecule has 0 radical (unpaired) electrons. The molecule has 1 aromatic carbocycles. The van der Waals surface area contributed by atoms with Crippen molar-refractivity contribution in [3.63, 3.8) is 0 Å². The molecule has 3 aliphatic heterocycles. The molecule has 24 heavy (non-hydrogen) atoms. The van der Waals surface area contributed by atoms with Gasteiger partial charge in [0.15, 0.2) is 12.3 Å². The highest BCUT2D eigenvalue weighted by Gasteiger charge is 2.58. The molecule has 7 nitrogen and oxygen atoms in total. The molecule has 2 saturated heterocycles. The van der Waals surface area contributed by atoms with Crippen LogP contribution in [0.25, 0.3) is 0 Å². The molecule has 4 heterocycles. The zero-order chi connectivity index (χ0) is 16.1. The van der Waals surface area contributed by atoms with Crippen LogP contribution in [0.4, 0.5) is 0 Å². The van der Waals surface area contributed by atoms with Gasteiger partial charge in [0.25, 0.3) is 5.56 Å². The summed E-state index contributed by atoms with van der Waals surface area (Å²) in [6.07, 6.45) is 0.487. The van der Waals surface area contributed by atoms with E-state index in [0.717, 1.165) is 5.56 Å². The molecule has 124 valence electrons. The van der Waals surface area contributed by atoms with E-state index in [1.54, 1.807) is 10.8 Å². The zero-order valence-corrected chi connectivity index (χ0v) is 12.8. The fourth-order valence-corrected chi connectivity index (χ4v) is 3.52. The Morgan fingerprint density at radius 3 is 2.92 bits per heavy atom. The third-order valence-electron chi connectivity index (χ3n) is 4.67. The summed E-state index contributed by atoms with van der Waals surface area (Å²) in [4.78, 5) is 15.2. The summed E-state index contributed by atoms with van der Waals surface area (Å²) in [5.74, 6) is 0. The van der Waals surface area contributed by atoms with E-state index in [2.05, 4.69) is 4.98 Å².